The average Bonchev–Trinajstić information content (AvgIpc) is 3.19. The van der Waals surface area contributed by atoms with E-state index in [0.29, 0.717) is 31.3 Å². The van der Waals surface area contributed by atoms with Crippen molar-refractivity contribution >= 4 is 5.91 Å². The van der Waals surface area contributed by atoms with Crippen molar-refractivity contribution in [3.8, 4) is 0 Å². The van der Waals surface area contributed by atoms with Crippen LogP contribution < -0.4 is 5.73 Å². The number of aromatic nitrogens is 4. The van der Waals surface area contributed by atoms with Gasteiger partial charge in [0.25, 0.3) is 0 Å². The van der Waals surface area contributed by atoms with E-state index >= 15 is 0 Å². The van der Waals surface area contributed by atoms with Gasteiger partial charge in [-0.2, -0.15) is 0 Å². The van der Waals surface area contributed by atoms with E-state index in [4.69, 9.17) is 5.73 Å². The van der Waals surface area contributed by atoms with Crippen LogP contribution in [-0.4, -0.2) is 50.1 Å². The van der Waals surface area contributed by atoms with Crippen molar-refractivity contribution in [2.24, 2.45) is 11.7 Å². The molecule has 134 valence electrons. The lowest BCUT2D eigenvalue weighted by atomic mass is 10.0. The second kappa shape index (κ2) is 7.26. The molecule has 1 aromatic heterocycles. The van der Waals surface area contributed by atoms with Crippen LogP contribution in [0.1, 0.15) is 30.8 Å². The van der Waals surface area contributed by atoms with Gasteiger partial charge >= 0.3 is 0 Å². The van der Waals surface area contributed by atoms with E-state index in [-0.39, 0.29) is 17.8 Å². The highest BCUT2D eigenvalue weighted by atomic mass is 19.1. The van der Waals surface area contributed by atoms with E-state index in [2.05, 4.69) is 15.5 Å². The summed E-state index contributed by atoms with van der Waals surface area (Å²) >= 11 is 0. The highest BCUT2D eigenvalue weighted by Gasteiger charge is 2.36. The van der Waals surface area contributed by atoms with Gasteiger partial charge in [0.1, 0.15) is 17.7 Å². The summed E-state index contributed by atoms with van der Waals surface area (Å²) in [7, 11) is 0. The number of tetrazole rings is 1. The van der Waals surface area contributed by atoms with Gasteiger partial charge in [0.05, 0.1) is 0 Å². The number of likely N-dealkylation sites (tertiary alicyclic amines) is 1. The molecule has 3 atom stereocenters. The number of halogens is 1. The summed E-state index contributed by atoms with van der Waals surface area (Å²) in [6.45, 7) is 5.02. The number of nitrogens with zero attached hydrogens (tertiary/aromatic N) is 5. The van der Waals surface area contributed by atoms with Gasteiger partial charge in [-0.25, -0.2) is 9.07 Å². The second-order valence-corrected chi connectivity index (χ2v) is 6.69. The Labute approximate surface area is 146 Å². The maximum atomic E-state index is 13.2. The third-order valence-electron chi connectivity index (χ3n) is 4.86. The minimum absolute atomic E-state index is 0.0248. The predicted octanol–water partition coefficient (Wildman–Crippen LogP) is 1.10. The van der Waals surface area contributed by atoms with Crippen molar-refractivity contribution in [3.05, 3.63) is 41.5 Å². The Balaban J connectivity index is 1.87. The first-order valence-corrected chi connectivity index (χ1v) is 8.49. The first-order chi connectivity index (χ1) is 12.0. The quantitative estimate of drug-likeness (QED) is 0.876. The maximum absolute atomic E-state index is 13.2. The molecule has 0 aliphatic carbocycles. The number of carbonyl (C=O) groups is 1. The van der Waals surface area contributed by atoms with Crippen molar-refractivity contribution in [3.63, 3.8) is 0 Å². The van der Waals surface area contributed by atoms with Crippen molar-refractivity contribution in [2.45, 2.75) is 38.8 Å². The smallest absolute Gasteiger partial charge is 0.248 e. The summed E-state index contributed by atoms with van der Waals surface area (Å²) in [5.41, 5.74) is 6.64. The zero-order chi connectivity index (χ0) is 18.0. The highest BCUT2D eigenvalue weighted by molar-refractivity contribution is 5.81. The Morgan fingerprint density at radius 1 is 1.40 bits per heavy atom. The van der Waals surface area contributed by atoms with Crippen molar-refractivity contribution < 1.29 is 9.18 Å². The summed E-state index contributed by atoms with van der Waals surface area (Å²) in [5, 5.41) is 11.6. The molecular weight excluding hydrogens is 323 g/mol. The Hall–Kier alpha value is -2.35. The van der Waals surface area contributed by atoms with E-state index < -0.39 is 6.04 Å². The standard InChI is InChI=1S/C17H23FN6O/c1-11-7-14(9-19)10-23(11)17(25)16(24-12(2)20-21-22-24)8-13-3-5-15(18)6-4-13/h3-6,11,14,16H,7-10,19H2,1-2H3. The lowest BCUT2D eigenvalue weighted by Crippen LogP contribution is -2.41. The molecule has 1 amide bonds. The van der Waals surface area contributed by atoms with Gasteiger partial charge in [-0.05, 0) is 60.9 Å². The molecule has 2 aromatic rings. The molecule has 1 saturated heterocycles. The lowest BCUT2D eigenvalue weighted by Gasteiger charge is -2.27. The van der Waals surface area contributed by atoms with E-state index in [1.807, 2.05) is 11.8 Å². The summed E-state index contributed by atoms with van der Waals surface area (Å²) in [5.74, 6) is 0.565. The average molecular weight is 346 g/mol. The molecule has 0 radical (unpaired) electrons. The fourth-order valence-electron chi connectivity index (χ4n) is 3.46. The zero-order valence-electron chi connectivity index (χ0n) is 14.5. The van der Waals surface area contributed by atoms with Crippen LogP contribution in [0, 0.1) is 18.7 Å². The summed E-state index contributed by atoms with van der Waals surface area (Å²) < 4.78 is 14.7. The molecule has 0 saturated carbocycles. The molecule has 7 nitrogen and oxygen atoms in total. The van der Waals surface area contributed by atoms with Crippen LogP contribution in [0.5, 0.6) is 0 Å². The molecule has 8 heteroatoms. The van der Waals surface area contributed by atoms with Crippen molar-refractivity contribution in [1.82, 2.24) is 25.1 Å². The molecule has 0 bridgehead atoms. The highest BCUT2D eigenvalue weighted by Crippen LogP contribution is 2.27. The number of rotatable bonds is 5. The van der Waals surface area contributed by atoms with Crippen molar-refractivity contribution in [1.29, 1.82) is 0 Å². The molecule has 0 spiro atoms. The SMILES string of the molecule is Cc1nnnn1C(Cc1ccc(F)cc1)C(=O)N1CC(CN)CC1C. The van der Waals surface area contributed by atoms with Crippen LogP contribution in [0.4, 0.5) is 4.39 Å². The molecule has 3 rings (SSSR count). The van der Waals surface area contributed by atoms with E-state index in [1.165, 1.54) is 12.1 Å². The van der Waals surface area contributed by atoms with Crippen LogP contribution in [0.15, 0.2) is 24.3 Å². The van der Waals surface area contributed by atoms with E-state index in [9.17, 15) is 9.18 Å². The van der Waals surface area contributed by atoms with Crippen LogP contribution in [0.25, 0.3) is 0 Å². The molecule has 3 unspecified atom stereocenters. The third-order valence-corrected chi connectivity index (χ3v) is 4.86. The Kier molecular flexibility index (Phi) is 5.08. The minimum atomic E-state index is -0.556. The topological polar surface area (TPSA) is 89.9 Å². The number of hydrogen-bond donors (Lipinski definition) is 1. The lowest BCUT2D eigenvalue weighted by molar-refractivity contribution is -0.135. The Bertz CT molecular complexity index is 731. The van der Waals surface area contributed by atoms with Crippen LogP contribution in [0.3, 0.4) is 0 Å². The Morgan fingerprint density at radius 3 is 2.68 bits per heavy atom. The molecule has 1 aliphatic rings. The molecule has 1 fully saturated rings. The summed E-state index contributed by atoms with van der Waals surface area (Å²) in [4.78, 5) is 15.1. The Morgan fingerprint density at radius 2 is 2.12 bits per heavy atom. The minimum Gasteiger partial charge on any atom is -0.338 e. The monoisotopic (exact) mass is 346 g/mol. The van der Waals surface area contributed by atoms with Crippen LogP contribution in [0.2, 0.25) is 0 Å². The molecule has 2 N–H and O–H groups in total. The fourth-order valence-corrected chi connectivity index (χ4v) is 3.46. The number of nitrogens with two attached hydrogens (primary N) is 1. The number of amides is 1. The van der Waals surface area contributed by atoms with Gasteiger partial charge < -0.3 is 10.6 Å². The van der Waals surface area contributed by atoms with Gasteiger partial charge in [-0.1, -0.05) is 12.1 Å². The van der Waals surface area contributed by atoms with Gasteiger partial charge in [0.15, 0.2) is 0 Å². The van der Waals surface area contributed by atoms with Gasteiger partial charge in [-0.15, -0.1) is 5.10 Å². The first-order valence-electron chi connectivity index (χ1n) is 8.49. The molecule has 25 heavy (non-hydrogen) atoms. The number of hydrogen-bond acceptors (Lipinski definition) is 5. The van der Waals surface area contributed by atoms with E-state index in [0.717, 1.165) is 12.0 Å². The number of carbonyl (C=O) groups excluding carboxylic acids is 1. The van der Waals surface area contributed by atoms with Crippen LogP contribution >= 0.6 is 0 Å². The zero-order valence-corrected chi connectivity index (χ0v) is 14.5. The van der Waals surface area contributed by atoms with Gasteiger partial charge in [-0.3, -0.25) is 4.79 Å². The molecule has 2 heterocycles. The van der Waals surface area contributed by atoms with Crippen molar-refractivity contribution in [2.75, 3.05) is 13.1 Å². The largest absolute Gasteiger partial charge is 0.338 e. The number of aryl methyl sites for hydroxylation is 1. The number of benzene rings is 1. The summed E-state index contributed by atoms with van der Waals surface area (Å²) in [6.07, 6.45) is 1.31. The molecular formula is C17H23FN6O. The maximum Gasteiger partial charge on any atom is 0.248 e. The molecule has 1 aromatic carbocycles. The summed E-state index contributed by atoms with van der Waals surface area (Å²) in [6, 6.07) is 5.74. The first kappa shape index (κ1) is 17.5. The predicted molar refractivity (Wildman–Crippen MR) is 90.0 cm³/mol. The van der Waals surface area contributed by atoms with Gasteiger partial charge in [0, 0.05) is 19.0 Å². The normalized spacial score (nSPS) is 21.5. The second-order valence-electron chi connectivity index (χ2n) is 6.69. The van der Waals surface area contributed by atoms with Crippen LogP contribution in [-0.2, 0) is 11.2 Å². The van der Waals surface area contributed by atoms with Gasteiger partial charge in [0.2, 0.25) is 5.91 Å². The molecule has 1 aliphatic heterocycles. The van der Waals surface area contributed by atoms with E-state index in [1.54, 1.807) is 23.7 Å². The third kappa shape index (κ3) is 3.68. The fraction of sp³-hybridized carbons (Fsp3) is 0.529.